The van der Waals surface area contributed by atoms with Gasteiger partial charge in [0.2, 0.25) is 11.7 Å². The van der Waals surface area contributed by atoms with Crippen molar-refractivity contribution >= 4 is 29.3 Å². The van der Waals surface area contributed by atoms with Gasteiger partial charge < -0.3 is 24.4 Å². The molecule has 42 heavy (non-hydrogen) atoms. The van der Waals surface area contributed by atoms with Crippen molar-refractivity contribution in [1.82, 2.24) is 4.90 Å². The second kappa shape index (κ2) is 14.7. The number of likely N-dealkylation sites (tertiary alicyclic amines) is 1. The Morgan fingerprint density at radius 3 is 2.48 bits per heavy atom. The second-order valence-electron chi connectivity index (χ2n) is 11.0. The third kappa shape index (κ3) is 7.99. The van der Waals surface area contributed by atoms with Gasteiger partial charge in [0.05, 0.1) is 14.2 Å². The molecule has 9 nitrogen and oxygen atoms in total. The number of carbonyl (C=O) groups is 4. The van der Waals surface area contributed by atoms with Gasteiger partial charge >= 0.3 is 5.97 Å². The van der Waals surface area contributed by atoms with Crippen LogP contribution in [-0.2, 0) is 30.3 Å². The highest BCUT2D eigenvalue weighted by atomic mass is 16.5. The van der Waals surface area contributed by atoms with Gasteiger partial charge in [0, 0.05) is 17.6 Å². The first-order valence-corrected chi connectivity index (χ1v) is 14.3. The van der Waals surface area contributed by atoms with E-state index in [4.69, 9.17) is 14.2 Å². The van der Waals surface area contributed by atoms with Crippen LogP contribution in [0.25, 0.3) is 0 Å². The summed E-state index contributed by atoms with van der Waals surface area (Å²) in [6.07, 6.45) is 3.84. The molecular formula is C33H42N2O7. The lowest BCUT2D eigenvalue weighted by Gasteiger charge is -2.36. The number of ether oxygens (including phenoxy) is 3. The Balaban J connectivity index is 1.88. The van der Waals surface area contributed by atoms with Gasteiger partial charge in [-0.25, -0.2) is 4.79 Å². The van der Waals surface area contributed by atoms with Crippen LogP contribution < -0.4 is 14.8 Å². The highest BCUT2D eigenvalue weighted by molar-refractivity contribution is 6.38. The van der Waals surface area contributed by atoms with Gasteiger partial charge in [0.15, 0.2) is 11.5 Å². The van der Waals surface area contributed by atoms with E-state index in [2.05, 4.69) is 11.9 Å². The number of aryl methyl sites for hydroxylation is 1. The first-order valence-electron chi connectivity index (χ1n) is 14.3. The normalized spacial score (nSPS) is 15.7. The van der Waals surface area contributed by atoms with Gasteiger partial charge in [0.25, 0.3) is 5.91 Å². The van der Waals surface area contributed by atoms with E-state index >= 15 is 0 Å². The second-order valence-corrected chi connectivity index (χ2v) is 11.0. The zero-order chi connectivity index (χ0) is 30.9. The summed E-state index contributed by atoms with van der Waals surface area (Å²) in [4.78, 5) is 53.3. The number of piperidine rings is 1. The standard InChI is InChI=1S/C33H42N2O7/c1-7-29(36)34-24-13-11-12-23(21-24)26(17-15-22-16-18-27(40-5)28(20-22)41-6)42-32(39)25-14-9-10-19-35(25)31(38)30(37)33(3,4)8-2/h7,11-13,16,18,20-21,25-26H,1,8-10,14-15,17,19H2,2-6H3,(H,34,36)/t25-,26+/m0/s1. The van der Waals surface area contributed by atoms with Crippen molar-refractivity contribution in [2.45, 2.75) is 71.4 Å². The van der Waals surface area contributed by atoms with E-state index in [1.165, 1.54) is 11.0 Å². The summed E-state index contributed by atoms with van der Waals surface area (Å²) in [6, 6.07) is 11.9. The minimum atomic E-state index is -0.852. The quantitative estimate of drug-likeness (QED) is 0.192. The van der Waals surface area contributed by atoms with Crippen molar-refractivity contribution in [1.29, 1.82) is 0 Å². The minimum absolute atomic E-state index is 0.323. The maximum atomic E-state index is 13.7. The number of hydrogen-bond donors (Lipinski definition) is 1. The molecule has 1 N–H and O–H groups in total. The molecule has 0 unspecified atom stereocenters. The van der Waals surface area contributed by atoms with Crippen molar-refractivity contribution < 1.29 is 33.4 Å². The molecule has 1 saturated heterocycles. The Hall–Kier alpha value is -4.14. The lowest BCUT2D eigenvalue weighted by Crippen LogP contribution is -2.53. The number of anilines is 1. The molecule has 226 valence electrons. The van der Waals surface area contributed by atoms with E-state index in [0.717, 1.165) is 12.0 Å². The molecule has 0 aromatic heterocycles. The molecule has 3 rings (SSSR count). The molecule has 0 saturated carbocycles. The summed E-state index contributed by atoms with van der Waals surface area (Å²) in [7, 11) is 3.14. The zero-order valence-electron chi connectivity index (χ0n) is 25.2. The molecule has 0 radical (unpaired) electrons. The molecule has 1 aliphatic heterocycles. The number of nitrogens with one attached hydrogen (secondary N) is 1. The number of Topliss-reactive ketones (excluding diaryl/α,β-unsaturated/α-hetero) is 1. The third-order valence-electron chi connectivity index (χ3n) is 7.84. The summed E-state index contributed by atoms with van der Waals surface area (Å²) in [6.45, 7) is 9.16. The number of amides is 2. The van der Waals surface area contributed by atoms with Crippen LogP contribution in [0.1, 0.15) is 70.1 Å². The number of benzene rings is 2. The fourth-order valence-corrected chi connectivity index (χ4v) is 4.86. The fourth-order valence-electron chi connectivity index (χ4n) is 4.86. The van der Waals surface area contributed by atoms with Crippen molar-refractivity contribution in [3.8, 4) is 11.5 Å². The van der Waals surface area contributed by atoms with Crippen molar-refractivity contribution in [3.05, 3.63) is 66.2 Å². The average molecular weight is 579 g/mol. The Kier molecular flexibility index (Phi) is 11.3. The van der Waals surface area contributed by atoms with E-state index in [0.29, 0.717) is 61.4 Å². The van der Waals surface area contributed by atoms with Crippen molar-refractivity contribution in [2.24, 2.45) is 5.41 Å². The van der Waals surface area contributed by atoms with Crippen LogP contribution in [0.3, 0.4) is 0 Å². The van der Waals surface area contributed by atoms with Crippen LogP contribution in [0.2, 0.25) is 0 Å². The summed E-state index contributed by atoms with van der Waals surface area (Å²) < 4.78 is 16.9. The Labute approximate surface area is 248 Å². The number of methoxy groups -OCH3 is 2. The molecular weight excluding hydrogens is 536 g/mol. The van der Waals surface area contributed by atoms with E-state index in [1.807, 2.05) is 31.2 Å². The number of hydrogen-bond acceptors (Lipinski definition) is 7. The number of rotatable bonds is 13. The minimum Gasteiger partial charge on any atom is -0.493 e. The molecule has 9 heteroatoms. The van der Waals surface area contributed by atoms with Crippen molar-refractivity contribution in [2.75, 3.05) is 26.1 Å². The van der Waals surface area contributed by atoms with Crippen LogP contribution >= 0.6 is 0 Å². The number of esters is 1. The number of ketones is 1. The summed E-state index contributed by atoms with van der Waals surface area (Å²) in [5, 5.41) is 2.74. The van der Waals surface area contributed by atoms with E-state index in [-0.39, 0.29) is 5.91 Å². The monoisotopic (exact) mass is 578 g/mol. The summed E-state index contributed by atoms with van der Waals surface area (Å²) >= 11 is 0. The molecule has 2 aromatic carbocycles. The Bertz CT molecular complexity index is 1300. The largest absolute Gasteiger partial charge is 0.493 e. The average Bonchev–Trinajstić information content (AvgIpc) is 3.01. The predicted octanol–water partition coefficient (Wildman–Crippen LogP) is 5.43. The Morgan fingerprint density at radius 1 is 1.07 bits per heavy atom. The Morgan fingerprint density at radius 2 is 1.81 bits per heavy atom. The van der Waals surface area contributed by atoms with E-state index in [9.17, 15) is 19.2 Å². The molecule has 1 heterocycles. The topological polar surface area (TPSA) is 111 Å². The van der Waals surface area contributed by atoms with Crippen molar-refractivity contribution in [3.63, 3.8) is 0 Å². The highest BCUT2D eigenvalue weighted by Crippen LogP contribution is 2.32. The summed E-state index contributed by atoms with van der Waals surface area (Å²) in [5.41, 5.74) is 1.35. The van der Waals surface area contributed by atoms with Gasteiger partial charge in [-0.1, -0.05) is 45.5 Å². The molecule has 0 aliphatic carbocycles. The smallest absolute Gasteiger partial charge is 0.329 e. The SMILES string of the molecule is C=CC(=O)Nc1cccc([C@@H](CCc2ccc(OC)c(OC)c2)OC(=O)[C@@H]2CCCCN2C(=O)C(=O)C(C)(C)CC)c1. The molecule has 2 aromatic rings. The van der Waals surface area contributed by atoms with Crippen LogP contribution in [0, 0.1) is 5.41 Å². The van der Waals surface area contributed by atoms with Gasteiger partial charge in [-0.2, -0.15) is 0 Å². The first-order chi connectivity index (χ1) is 20.0. The van der Waals surface area contributed by atoms with Crippen LogP contribution in [-0.4, -0.2) is 55.3 Å². The molecule has 2 amide bonds. The van der Waals surface area contributed by atoms with Crippen LogP contribution in [0.4, 0.5) is 5.69 Å². The van der Waals surface area contributed by atoms with Gasteiger partial charge in [0.1, 0.15) is 12.1 Å². The molecule has 0 spiro atoms. The number of carbonyl (C=O) groups excluding carboxylic acids is 4. The predicted molar refractivity (Wildman–Crippen MR) is 160 cm³/mol. The van der Waals surface area contributed by atoms with E-state index < -0.39 is 35.2 Å². The van der Waals surface area contributed by atoms with Crippen LogP contribution in [0.15, 0.2) is 55.1 Å². The molecule has 1 fully saturated rings. The van der Waals surface area contributed by atoms with Gasteiger partial charge in [-0.15, -0.1) is 0 Å². The number of nitrogens with zero attached hydrogens (tertiary/aromatic N) is 1. The van der Waals surface area contributed by atoms with Crippen LogP contribution in [0.5, 0.6) is 11.5 Å². The third-order valence-corrected chi connectivity index (χ3v) is 7.84. The van der Waals surface area contributed by atoms with Gasteiger partial charge in [-0.05, 0) is 80.0 Å². The molecule has 2 atom stereocenters. The fraction of sp³-hybridized carbons (Fsp3) is 0.455. The highest BCUT2D eigenvalue weighted by Gasteiger charge is 2.41. The zero-order valence-corrected chi connectivity index (χ0v) is 25.2. The van der Waals surface area contributed by atoms with Gasteiger partial charge in [-0.3, -0.25) is 14.4 Å². The summed E-state index contributed by atoms with van der Waals surface area (Å²) in [5.74, 6) is -0.851. The lowest BCUT2D eigenvalue weighted by molar-refractivity contribution is -0.164. The molecule has 0 bridgehead atoms. The van der Waals surface area contributed by atoms with E-state index in [1.54, 1.807) is 46.3 Å². The maximum absolute atomic E-state index is 13.7. The first kappa shape index (κ1) is 32.4. The molecule has 1 aliphatic rings. The maximum Gasteiger partial charge on any atom is 0.329 e. The lowest BCUT2D eigenvalue weighted by atomic mass is 9.84.